The number of rotatable bonds is 4. The van der Waals surface area contributed by atoms with Crippen LogP contribution in [0.4, 0.5) is 0 Å². The summed E-state index contributed by atoms with van der Waals surface area (Å²) in [4.78, 5) is 11.6. The molecule has 3 aromatic heterocycles. The second-order valence-electron chi connectivity index (χ2n) is 4.41. The summed E-state index contributed by atoms with van der Waals surface area (Å²) in [5.41, 5.74) is 2.97. The van der Waals surface area contributed by atoms with Gasteiger partial charge < -0.3 is 14.3 Å². The molecule has 0 saturated heterocycles. The van der Waals surface area contributed by atoms with Gasteiger partial charge in [-0.3, -0.25) is 4.98 Å². The zero-order chi connectivity index (χ0) is 13.9. The van der Waals surface area contributed by atoms with Gasteiger partial charge in [-0.15, -0.1) is 0 Å². The molecular weight excluding hydrogens is 272 g/mol. The van der Waals surface area contributed by atoms with Crippen LogP contribution in [-0.4, -0.2) is 26.6 Å². The third-order valence-corrected chi connectivity index (χ3v) is 3.50. The number of hydrogen-bond acceptors (Lipinski definition) is 4. The molecule has 3 aromatic rings. The number of hydrogen-bond donors (Lipinski definition) is 1. The summed E-state index contributed by atoms with van der Waals surface area (Å²) in [6.45, 7) is 0.767. The molecule has 0 amide bonds. The van der Waals surface area contributed by atoms with E-state index in [1.165, 1.54) is 5.56 Å². The van der Waals surface area contributed by atoms with Crippen LogP contribution in [0.1, 0.15) is 5.56 Å². The number of imidazole rings is 1. The van der Waals surface area contributed by atoms with Crippen LogP contribution in [0.15, 0.2) is 36.7 Å². The standard InChI is InChI=1S/C14H14N4OS/c1-19-12-3-2-11-13(17-12)18(14(20)16-11)9-6-10-4-7-15-8-5-10/h2-5,7-8H,6,9H2,1H3,(H,16,20). The van der Waals surface area contributed by atoms with Crippen molar-refractivity contribution in [1.82, 2.24) is 19.5 Å². The summed E-state index contributed by atoms with van der Waals surface area (Å²) in [5, 5.41) is 0. The Kier molecular flexibility index (Phi) is 3.47. The zero-order valence-corrected chi connectivity index (χ0v) is 11.9. The van der Waals surface area contributed by atoms with Crippen molar-refractivity contribution in [3.8, 4) is 5.88 Å². The fourth-order valence-corrected chi connectivity index (χ4v) is 2.41. The molecule has 0 aliphatic heterocycles. The Hall–Kier alpha value is -2.21. The molecular formula is C14H14N4OS. The van der Waals surface area contributed by atoms with Crippen molar-refractivity contribution in [2.75, 3.05) is 7.11 Å². The number of H-pyrrole nitrogens is 1. The fraction of sp³-hybridized carbons (Fsp3) is 0.214. The summed E-state index contributed by atoms with van der Waals surface area (Å²) in [7, 11) is 1.61. The molecule has 20 heavy (non-hydrogen) atoms. The van der Waals surface area contributed by atoms with Crippen LogP contribution in [0.5, 0.6) is 5.88 Å². The second kappa shape index (κ2) is 5.42. The maximum Gasteiger partial charge on any atom is 0.215 e. The number of aromatic nitrogens is 4. The maximum atomic E-state index is 5.36. The number of nitrogens with zero attached hydrogens (tertiary/aromatic N) is 3. The lowest BCUT2D eigenvalue weighted by Gasteiger charge is -2.05. The number of fused-ring (bicyclic) bond motifs is 1. The van der Waals surface area contributed by atoms with Crippen LogP contribution in [-0.2, 0) is 13.0 Å². The van der Waals surface area contributed by atoms with Gasteiger partial charge in [0.1, 0.15) is 0 Å². The van der Waals surface area contributed by atoms with Gasteiger partial charge in [0.15, 0.2) is 10.4 Å². The van der Waals surface area contributed by atoms with E-state index in [0.29, 0.717) is 10.7 Å². The van der Waals surface area contributed by atoms with Crippen molar-refractivity contribution in [2.24, 2.45) is 0 Å². The Morgan fingerprint density at radius 3 is 2.80 bits per heavy atom. The van der Waals surface area contributed by atoms with E-state index >= 15 is 0 Å². The summed E-state index contributed by atoms with van der Waals surface area (Å²) in [5.74, 6) is 0.587. The minimum Gasteiger partial charge on any atom is -0.481 e. The van der Waals surface area contributed by atoms with Crippen LogP contribution in [0, 0.1) is 4.77 Å². The Labute approximate surface area is 121 Å². The first-order valence-corrected chi connectivity index (χ1v) is 6.71. The van der Waals surface area contributed by atoms with Crippen LogP contribution < -0.4 is 4.74 Å². The van der Waals surface area contributed by atoms with Gasteiger partial charge >= 0.3 is 0 Å². The molecule has 3 rings (SSSR count). The maximum absolute atomic E-state index is 5.36. The van der Waals surface area contributed by atoms with Gasteiger partial charge in [0.25, 0.3) is 0 Å². The molecule has 0 fully saturated rings. The normalized spacial score (nSPS) is 10.8. The molecule has 0 atom stereocenters. The van der Waals surface area contributed by atoms with Crippen molar-refractivity contribution in [1.29, 1.82) is 0 Å². The van der Waals surface area contributed by atoms with Gasteiger partial charge in [0.2, 0.25) is 5.88 Å². The second-order valence-corrected chi connectivity index (χ2v) is 4.80. The Balaban J connectivity index is 1.94. The first-order chi connectivity index (χ1) is 9.78. The van der Waals surface area contributed by atoms with E-state index in [2.05, 4.69) is 15.0 Å². The lowest BCUT2D eigenvalue weighted by Crippen LogP contribution is -2.03. The van der Waals surface area contributed by atoms with E-state index in [1.807, 2.05) is 28.8 Å². The van der Waals surface area contributed by atoms with Crippen molar-refractivity contribution < 1.29 is 4.74 Å². The van der Waals surface area contributed by atoms with Gasteiger partial charge in [0, 0.05) is 25.0 Å². The summed E-state index contributed by atoms with van der Waals surface area (Å²) in [6, 6.07) is 7.76. The first-order valence-electron chi connectivity index (χ1n) is 6.30. The molecule has 0 spiro atoms. The molecule has 0 saturated carbocycles. The summed E-state index contributed by atoms with van der Waals surface area (Å²) in [6.07, 6.45) is 4.47. The van der Waals surface area contributed by atoms with Crippen LogP contribution in [0.3, 0.4) is 0 Å². The van der Waals surface area contributed by atoms with Gasteiger partial charge in [-0.25, -0.2) is 0 Å². The zero-order valence-electron chi connectivity index (χ0n) is 11.0. The molecule has 0 aliphatic carbocycles. The predicted octanol–water partition coefficient (Wildman–Crippen LogP) is 2.74. The molecule has 1 N–H and O–H groups in total. The quantitative estimate of drug-likeness (QED) is 0.749. The molecule has 3 heterocycles. The number of ether oxygens (including phenoxy) is 1. The topological polar surface area (TPSA) is 55.7 Å². The molecule has 5 nitrogen and oxygen atoms in total. The highest BCUT2D eigenvalue weighted by molar-refractivity contribution is 7.71. The molecule has 102 valence electrons. The highest BCUT2D eigenvalue weighted by Gasteiger charge is 2.07. The molecule has 0 aliphatic rings. The van der Waals surface area contributed by atoms with Gasteiger partial charge in [-0.2, -0.15) is 4.98 Å². The fourth-order valence-electron chi connectivity index (χ4n) is 2.12. The highest BCUT2D eigenvalue weighted by atomic mass is 32.1. The number of aromatic amines is 1. The van der Waals surface area contributed by atoms with Crippen LogP contribution >= 0.6 is 12.2 Å². The smallest absolute Gasteiger partial charge is 0.215 e. The van der Waals surface area contributed by atoms with E-state index in [-0.39, 0.29) is 0 Å². The highest BCUT2D eigenvalue weighted by Crippen LogP contribution is 2.17. The molecule has 0 aromatic carbocycles. The van der Waals surface area contributed by atoms with Gasteiger partial charge in [0.05, 0.1) is 12.6 Å². The van der Waals surface area contributed by atoms with Crippen molar-refractivity contribution in [2.45, 2.75) is 13.0 Å². The SMILES string of the molecule is COc1ccc2[nH]c(=S)n(CCc3ccncc3)c2n1. The molecule has 0 radical (unpaired) electrons. The third-order valence-electron chi connectivity index (χ3n) is 3.17. The first kappa shape index (κ1) is 12.8. The summed E-state index contributed by atoms with van der Waals surface area (Å²) >= 11 is 5.36. The third kappa shape index (κ3) is 2.42. The van der Waals surface area contributed by atoms with Crippen molar-refractivity contribution >= 4 is 23.4 Å². The van der Waals surface area contributed by atoms with E-state index in [1.54, 1.807) is 19.5 Å². The Morgan fingerprint density at radius 2 is 2.05 bits per heavy atom. The lowest BCUT2D eigenvalue weighted by atomic mass is 10.2. The number of pyridine rings is 2. The molecule has 6 heteroatoms. The summed E-state index contributed by atoms with van der Waals surface area (Å²) < 4.78 is 7.84. The molecule has 0 unspecified atom stereocenters. The van der Waals surface area contributed by atoms with Gasteiger partial charge in [-0.1, -0.05) is 0 Å². The molecule has 0 bridgehead atoms. The minimum absolute atomic E-state index is 0.587. The van der Waals surface area contributed by atoms with Gasteiger partial charge in [-0.05, 0) is 42.4 Å². The lowest BCUT2D eigenvalue weighted by molar-refractivity contribution is 0.399. The van der Waals surface area contributed by atoms with E-state index in [0.717, 1.165) is 24.1 Å². The van der Waals surface area contributed by atoms with E-state index in [4.69, 9.17) is 17.0 Å². The van der Waals surface area contributed by atoms with E-state index < -0.39 is 0 Å². The number of aryl methyl sites for hydroxylation is 2. The largest absolute Gasteiger partial charge is 0.481 e. The van der Waals surface area contributed by atoms with Crippen LogP contribution in [0.25, 0.3) is 11.2 Å². The minimum atomic E-state index is 0.587. The van der Waals surface area contributed by atoms with E-state index in [9.17, 15) is 0 Å². The average molecular weight is 286 g/mol. The number of methoxy groups -OCH3 is 1. The average Bonchev–Trinajstić information content (AvgIpc) is 2.80. The Morgan fingerprint density at radius 1 is 1.25 bits per heavy atom. The van der Waals surface area contributed by atoms with Crippen molar-refractivity contribution in [3.63, 3.8) is 0 Å². The number of nitrogens with one attached hydrogen (secondary N) is 1. The Bertz CT molecular complexity index is 779. The monoisotopic (exact) mass is 286 g/mol. The van der Waals surface area contributed by atoms with Crippen LogP contribution in [0.2, 0.25) is 0 Å². The van der Waals surface area contributed by atoms with Crippen molar-refractivity contribution in [3.05, 3.63) is 47.0 Å². The predicted molar refractivity (Wildman–Crippen MR) is 79.4 cm³/mol.